The number of hydrogen-bond donors (Lipinski definition) is 2. The Bertz CT molecular complexity index is 837. The van der Waals surface area contributed by atoms with Gasteiger partial charge in [-0.25, -0.2) is 4.98 Å². The lowest BCUT2D eigenvalue weighted by Crippen LogP contribution is -2.10. The normalized spacial score (nSPS) is 10.6. The van der Waals surface area contributed by atoms with E-state index >= 15 is 0 Å². The third kappa shape index (κ3) is 2.74. The molecule has 1 amide bonds. The van der Waals surface area contributed by atoms with E-state index in [4.69, 9.17) is 0 Å². The summed E-state index contributed by atoms with van der Waals surface area (Å²) >= 11 is 0. The van der Waals surface area contributed by atoms with Crippen molar-refractivity contribution in [1.29, 1.82) is 0 Å². The number of nitrogens with one attached hydrogen (secondary N) is 2. The van der Waals surface area contributed by atoms with Crippen LogP contribution < -0.4 is 5.32 Å². The molecule has 0 aliphatic heterocycles. The average Bonchev–Trinajstić information content (AvgIpc) is 2.96. The van der Waals surface area contributed by atoms with Crippen LogP contribution in [0, 0.1) is 0 Å². The highest BCUT2D eigenvalue weighted by Gasteiger charge is 2.11. The van der Waals surface area contributed by atoms with Crippen molar-refractivity contribution in [1.82, 2.24) is 9.97 Å². The number of carbonyl (C=O) groups excluding carboxylic acids is 2. The molecule has 0 aliphatic rings. The van der Waals surface area contributed by atoms with Gasteiger partial charge in [-0.15, -0.1) is 0 Å². The first-order valence-corrected chi connectivity index (χ1v) is 7.06. The van der Waals surface area contributed by atoms with Crippen molar-refractivity contribution < 1.29 is 9.59 Å². The van der Waals surface area contributed by atoms with Gasteiger partial charge in [0.2, 0.25) is 11.9 Å². The van der Waals surface area contributed by atoms with Gasteiger partial charge < -0.3 is 4.98 Å². The molecule has 0 atom stereocenters. The summed E-state index contributed by atoms with van der Waals surface area (Å²) in [7, 11) is 0. The Kier molecular flexibility index (Phi) is 3.70. The fourth-order valence-electron chi connectivity index (χ4n) is 2.19. The summed E-state index contributed by atoms with van der Waals surface area (Å²) in [6, 6.07) is 14.4. The van der Waals surface area contributed by atoms with Crippen LogP contribution in [0.5, 0.6) is 0 Å². The number of ketones is 1. The number of imidazole rings is 1. The molecule has 0 bridgehead atoms. The minimum Gasteiger partial charge on any atom is -0.324 e. The highest BCUT2D eigenvalue weighted by atomic mass is 16.1. The van der Waals surface area contributed by atoms with Gasteiger partial charge in [-0.05, 0) is 18.2 Å². The lowest BCUT2D eigenvalue weighted by atomic mass is 10.0. The summed E-state index contributed by atoms with van der Waals surface area (Å²) in [5, 5.41) is 2.67. The van der Waals surface area contributed by atoms with Gasteiger partial charge in [0.1, 0.15) is 0 Å². The molecule has 0 saturated carbocycles. The van der Waals surface area contributed by atoms with Crippen molar-refractivity contribution in [2.24, 2.45) is 0 Å². The lowest BCUT2D eigenvalue weighted by molar-refractivity contribution is -0.115. The molecule has 0 saturated heterocycles. The van der Waals surface area contributed by atoms with Crippen LogP contribution in [0.2, 0.25) is 0 Å². The molecule has 110 valence electrons. The summed E-state index contributed by atoms with van der Waals surface area (Å²) in [6.07, 6.45) is 0.384. The maximum Gasteiger partial charge on any atom is 0.226 e. The zero-order chi connectivity index (χ0) is 15.5. The van der Waals surface area contributed by atoms with E-state index in [0.717, 1.165) is 0 Å². The Balaban J connectivity index is 1.93. The second kappa shape index (κ2) is 5.81. The van der Waals surface area contributed by atoms with Crippen molar-refractivity contribution in [2.45, 2.75) is 13.3 Å². The summed E-state index contributed by atoms with van der Waals surface area (Å²) in [6.45, 7) is 1.77. The van der Waals surface area contributed by atoms with Crippen LogP contribution in [0.4, 0.5) is 5.95 Å². The number of benzene rings is 2. The van der Waals surface area contributed by atoms with E-state index in [0.29, 0.717) is 34.5 Å². The van der Waals surface area contributed by atoms with E-state index < -0.39 is 0 Å². The topological polar surface area (TPSA) is 74.8 Å². The van der Waals surface area contributed by atoms with Crippen LogP contribution in [0.1, 0.15) is 29.3 Å². The SMILES string of the molecule is CCC(=O)Nc1nc2ccc(C(=O)c3ccccc3)cc2[nH]1. The van der Waals surface area contributed by atoms with Gasteiger partial charge in [0, 0.05) is 17.5 Å². The van der Waals surface area contributed by atoms with Crippen LogP contribution in [0.25, 0.3) is 11.0 Å². The largest absolute Gasteiger partial charge is 0.324 e. The molecular weight excluding hydrogens is 278 g/mol. The average molecular weight is 293 g/mol. The number of H-pyrrole nitrogens is 1. The number of fused-ring (bicyclic) bond motifs is 1. The molecule has 1 aromatic heterocycles. The number of anilines is 1. The predicted octanol–water partition coefficient (Wildman–Crippen LogP) is 3.14. The van der Waals surface area contributed by atoms with Crippen LogP contribution >= 0.6 is 0 Å². The van der Waals surface area contributed by atoms with Gasteiger partial charge in [-0.2, -0.15) is 0 Å². The van der Waals surface area contributed by atoms with Crippen molar-refractivity contribution >= 4 is 28.7 Å². The van der Waals surface area contributed by atoms with Gasteiger partial charge >= 0.3 is 0 Å². The number of aromatic amines is 1. The van der Waals surface area contributed by atoms with E-state index in [1.54, 1.807) is 37.3 Å². The summed E-state index contributed by atoms with van der Waals surface area (Å²) in [4.78, 5) is 31.1. The van der Waals surface area contributed by atoms with E-state index in [1.165, 1.54) is 0 Å². The molecule has 2 aromatic carbocycles. The van der Waals surface area contributed by atoms with Gasteiger partial charge in [-0.3, -0.25) is 14.9 Å². The quantitative estimate of drug-likeness (QED) is 0.726. The maximum atomic E-state index is 12.4. The molecule has 22 heavy (non-hydrogen) atoms. The molecule has 0 radical (unpaired) electrons. The molecule has 0 aliphatic carbocycles. The van der Waals surface area contributed by atoms with E-state index in [2.05, 4.69) is 15.3 Å². The van der Waals surface area contributed by atoms with Crippen LogP contribution in [0.15, 0.2) is 48.5 Å². The van der Waals surface area contributed by atoms with Crippen molar-refractivity contribution in [3.05, 3.63) is 59.7 Å². The van der Waals surface area contributed by atoms with E-state index in [9.17, 15) is 9.59 Å². The molecule has 3 aromatic rings. The van der Waals surface area contributed by atoms with Crippen LogP contribution in [0.3, 0.4) is 0 Å². The highest BCUT2D eigenvalue weighted by molar-refractivity contribution is 6.10. The molecule has 3 rings (SSSR count). The third-order valence-electron chi connectivity index (χ3n) is 3.36. The number of amides is 1. The first-order valence-electron chi connectivity index (χ1n) is 7.06. The molecular formula is C17H15N3O2. The smallest absolute Gasteiger partial charge is 0.226 e. The fraction of sp³-hybridized carbons (Fsp3) is 0.118. The van der Waals surface area contributed by atoms with Crippen molar-refractivity contribution in [3.8, 4) is 0 Å². The molecule has 0 spiro atoms. The zero-order valence-electron chi connectivity index (χ0n) is 12.1. The third-order valence-corrected chi connectivity index (χ3v) is 3.36. The van der Waals surface area contributed by atoms with Crippen LogP contribution in [-0.2, 0) is 4.79 Å². The molecule has 0 unspecified atom stereocenters. The Labute approximate surface area is 127 Å². The predicted molar refractivity (Wildman–Crippen MR) is 84.9 cm³/mol. The van der Waals surface area contributed by atoms with Gasteiger partial charge in [0.25, 0.3) is 0 Å². The van der Waals surface area contributed by atoms with Crippen molar-refractivity contribution in [3.63, 3.8) is 0 Å². The standard InChI is InChI=1S/C17H15N3O2/c1-2-15(21)20-17-18-13-9-8-12(10-14(13)19-17)16(22)11-6-4-3-5-7-11/h3-10H,2H2,1H3,(H2,18,19,20,21). The van der Waals surface area contributed by atoms with Crippen LogP contribution in [-0.4, -0.2) is 21.7 Å². The Morgan fingerprint density at radius 3 is 2.59 bits per heavy atom. The minimum atomic E-state index is -0.111. The molecule has 5 nitrogen and oxygen atoms in total. The number of hydrogen-bond acceptors (Lipinski definition) is 3. The first-order chi connectivity index (χ1) is 10.7. The number of rotatable bonds is 4. The fourth-order valence-corrected chi connectivity index (χ4v) is 2.19. The second-order valence-electron chi connectivity index (χ2n) is 4.91. The summed E-state index contributed by atoms with van der Waals surface area (Å²) in [5.74, 6) is 0.238. The Morgan fingerprint density at radius 2 is 1.86 bits per heavy atom. The summed E-state index contributed by atoms with van der Waals surface area (Å²) < 4.78 is 0. The maximum absolute atomic E-state index is 12.4. The lowest BCUT2D eigenvalue weighted by Gasteiger charge is -2.00. The van der Waals surface area contributed by atoms with Gasteiger partial charge in [-0.1, -0.05) is 37.3 Å². The first kappa shape index (κ1) is 14.0. The van der Waals surface area contributed by atoms with Crippen molar-refractivity contribution in [2.75, 3.05) is 5.32 Å². The minimum absolute atomic E-state index is 0.0451. The molecule has 1 heterocycles. The Hall–Kier alpha value is -2.95. The Morgan fingerprint density at radius 1 is 1.09 bits per heavy atom. The molecule has 5 heteroatoms. The second-order valence-corrected chi connectivity index (χ2v) is 4.91. The van der Waals surface area contributed by atoms with Gasteiger partial charge in [0.05, 0.1) is 11.0 Å². The summed E-state index contributed by atoms with van der Waals surface area (Å²) in [5.41, 5.74) is 2.64. The van der Waals surface area contributed by atoms with E-state index in [-0.39, 0.29) is 11.7 Å². The molecule has 2 N–H and O–H groups in total. The number of nitrogens with zero attached hydrogens (tertiary/aromatic N) is 1. The highest BCUT2D eigenvalue weighted by Crippen LogP contribution is 2.18. The molecule has 0 fully saturated rings. The number of aromatic nitrogens is 2. The number of carbonyl (C=O) groups is 2. The monoisotopic (exact) mass is 293 g/mol. The zero-order valence-corrected chi connectivity index (χ0v) is 12.1. The van der Waals surface area contributed by atoms with E-state index in [1.807, 2.05) is 18.2 Å². The van der Waals surface area contributed by atoms with Gasteiger partial charge in [0.15, 0.2) is 5.78 Å².